The number of hydrogen-bond acceptors (Lipinski definition) is 4. The number of carbonyl (C=O) groups excluding carboxylic acids is 1. The molecule has 6 heteroatoms. The topological polar surface area (TPSA) is 82.1 Å². The predicted molar refractivity (Wildman–Crippen MR) is 97.6 cm³/mol. The van der Waals surface area contributed by atoms with Crippen molar-refractivity contribution in [3.8, 4) is 17.0 Å². The Bertz CT molecular complexity index is 1050. The molecule has 0 spiro atoms. The van der Waals surface area contributed by atoms with Gasteiger partial charge in [-0.2, -0.15) is 0 Å². The van der Waals surface area contributed by atoms with Crippen LogP contribution in [0.25, 0.3) is 22.3 Å². The lowest BCUT2D eigenvalue weighted by Crippen LogP contribution is -2.39. The van der Waals surface area contributed by atoms with E-state index < -0.39 is 0 Å². The van der Waals surface area contributed by atoms with Crippen molar-refractivity contribution in [3.63, 3.8) is 0 Å². The molecule has 2 bridgehead atoms. The van der Waals surface area contributed by atoms with Crippen LogP contribution in [0.3, 0.4) is 0 Å². The molecule has 130 valence electrons. The number of para-hydroxylation sites is 1. The smallest absolute Gasteiger partial charge is 0.246 e. The highest BCUT2D eigenvalue weighted by molar-refractivity contribution is 5.88. The van der Waals surface area contributed by atoms with Gasteiger partial charge in [0, 0.05) is 34.6 Å². The molecule has 2 aliphatic heterocycles. The average molecular weight is 346 g/mol. The first-order valence-corrected chi connectivity index (χ1v) is 8.68. The Hall–Kier alpha value is -3.15. The maximum absolute atomic E-state index is 12.0. The van der Waals surface area contributed by atoms with Gasteiger partial charge >= 0.3 is 0 Å². The molecule has 6 nitrogen and oxygen atoms in total. The second kappa shape index (κ2) is 5.17. The van der Waals surface area contributed by atoms with Gasteiger partial charge in [-0.3, -0.25) is 4.79 Å². The van der Waals surface area contributed by atoms with E-state index in [2.05, 4.69) is 27.8 Å². The second-order valence-corrected chi connectivity index (χ2v) is 7.25. The number of carbonyl (C=O) groups is 1. The largest absolute Gasteiger partial charge is 0.507 e. The van der Waals surface area contributed by atoms with E-state index >= 15 is 0 Å². The highest BCUT2D eigenvalue weighted by atomic mass is 16.3. The molecule has 1 saturated carbocycles. The third-order valence-electron chi connectivity index (χ3n) is 5.75. The summed E-state index contributed by atoms with van der Waals surface area (Å²) in [4.78, 5) is 17.3. The first kappa shape index (κ1) is 15.1. The zero-order valence-electron chi connectivity index (χ0n) is 14.1. The van der Waals surface area contributed by atoms with E-state index in [-0.39, 0.29) is 17.1 Å². The standard InChI is InChI=1S/C20H18N4O2/c1-2-18(26)24-11-20(9-13(24)10-20)17-8-12-7-15(22-23-19(12)21-17)14-5-3-4-6-16(14)25/h2-8,13,25H,1,9-11H2,(H,21,23). The molecule has 1 amide bonds. The van der Waals surface area contributed by atoms with Crippen molar-refractivity contribution in [2.45, 2.75) is 24.3 Å². The number of nitrogens with one attached hydrogen (secondary N) is 1. The van der Waals surface area contributed by atoms with Crippen molar-refractivity contribution in [2.24, 2.45) is 0 Å². The molecular formula is C20H18N4O2. The third kappa shape index (κ3) is 2.02. The highest BCUT2D eigenvalue weighted by Crippen LogP contribution is 2.53. The minimum Gasteiger partial charge on any atom is -0.507 e. The Morgan fingerprint density at radius 1 is 1.31 bits per heavy atom. The summed E-state index contributed by atoms with van der Waals surface area (Å²) < 4.78 is 0. The molecule has 3 fully saturated rings. The van der Waals surface area contributed by atoms with E-state index in [4.69, 9.17) is 0 Å². The van der Waals surface area contributed by atoms with Gasteiger partial charge in [0.2, 0.25) is 5.91 Å². The third-order valence-corrected chi connectivity index (χ3v) is 5.75. The Balaban J connectivity index is 1.51. The number of rotatable bonds is 3. The molecule has 0 unspecified atom stereocenters. The van der Waals surface area contributed by atoms with Crippen LogP contribution in [0.1, 0.15) is 18.5 Å². The molecule has 0 atom stereocenters. The summed E-state index contributed by atoms with van der Waals surface area (Å²) >= 11 is 0. The number of aromatic amines is 1. The van der Waals surface area contributed by atoms with Crippen LogP contribution >= 0.6 is 0 Å². The molecule has 2 N–H and O–H groups in total. The Morgan fingerprint density at radius 3 is 2.88 bits per heavy atom. The lowest BCUT2D eigenvalue weighted by Gasteiger charge is -2.36. The van der Waals surface area contributed by atoms with Crippen LogP contribution in [0.15, 0.2) is 49.1 Å². The van der Waals surface area contributed by atoms with Gasteiger partial charge in [-0.25, -0.2) is 0 Å². The van der Waals surface area contributed by atoms with Crippen LogP contribution in [-0.2, 0) is 10.2 Å². The summed E-state index contributed by atoms with van der Waals surface area (Å²) in [5.74, 6) is 0.193. The number of hydrogen-bond donors (Lipinski definition) is 2. The van der Waals surface area contributed by atoms with E-state index in [0.29, 0.717) is 17.3 Å². The summed E-state index contributed by atoms with van der Waals surface area (Å²) in [6.07, 6.45) is 3.34. The number of fused-ring (bicyclic) bond motifs is 2. The predicted octanol–water partition coefficient (Wildman–Crippen LogP) is 2.76. The van der Waals surface area contributed by atoms with Crippen molar-refractivity contribution < 1.29 is 9.90 Å². The van der Waals surface area contributed by atoms with Crippen molar-refractivity contribution >= 4 is 16.9 Å². The monoisotopic (exact) mass is 346 g/mol. The fourth-order valence-corrected chi connectivity index (χ4v) is 4.37. The number of H-pyrrole nitrogens is 1. The first-order valence-electron chi connectivity index (χ1n) is 8.68. The van der Waals surface area contributed by atoms with Crippen molar-refractivity contribution in [1.82, 2.24) is 20.1 Å². The van der Waals surface area contributed by atoms with Gasteiger partial charge in [0.1, 0.15) is 5.75 Å². The van der Waals surface area contributed by atoms with E-state index in [1.807, 2.05) is 23.1 Å². The summed E-state index contributed by atoms with van der Waals surface area (Å²) in [5.41, 5.74) is 3.12. The summed E-state index contributed by atoms with van der Waals surface area (Å²) in [7, 11) is 0. The molecule has 2 saturated heterocycles. The summed E-state index contributed by atoms with van der Waals surface area (Å²) in [5, 5.41) is 19.5. The van der Waals surface area contributed by atoms with Gasteiger partial charge in [0.15, 0.2) is 5.65 Å². The number of phenolic OH excluding ortho intramolecular Hbond substituents is 1. The molecule has 1 aliphatic carbocycles. The minimum absolute atomic E-state index is 0.00659. The quantitative estimate of drug-likeness (QED) is 0.715. The number of aromatic hydroxyl groups is 1. The highest BCUT2D eigenvalue weighted by Gasteiger charge is 2.57. The molecule has 1 aromatic carbocycles. The molecule has 3 aromatic rings. The molecule has 4 heterocycles. The molecule has 6 rings (SSSR count). The maximum atomic E-state index is 12.0. The van der Waals surface area contributed by atoms with Crippen LogP contribution in [0.2, 0.25) is 0 Å². The molecular weight excluding hydrogens is 328 g/mol. The normalized spacial score (nSPS) is 23.8. The lowest BCUT2D eigenvalue weighted by atomic mass is 9.68. The first-order chi connectivity index (χ1) is 12.6. The van der Waals surface area contributed by atoms with Crippen LogP contribution in [0.4, 0.5) is 0 Å². The SMILES string of the molecule is C=CC(=O)N1CC2(c3cc4cc(-c5ccccc5O)nnc4[nH]3)CC1C2. The van der Waals surface area contributed by atoms with Crippen LogP contribution < -0.4 is 0 Å². The zero-order chi connectivity index (χ0) is 17.9. The zero-order valence-corrected chi connectivity index (χ0v) is 14.1. The van der Waals surface area contributed by atoms with E-state index in [0.717, 1.165) is 36.1 Å². The summed E-state index contributed by atoms with van der Waals surface area (Å²) in [6, 6.07) is 11.5. The molecule has 0 radical (unpaired) electrons. The van der Waals surface area contributed by atoms with Crippen LogP contribution in [0, 0.1) is 0 Å². The Kier molecular flexibility index (Phi) is 3.01. The van der Waals surface area contributed by atoms with Gasteiger partial charge in [0.05, 0.1) is 5.69 Å². The Morgan fingerprint density at radius 2 is 2.12 bits per heavy atom. The van der Waals surface area contributed by atoms with Gasteiger partial charge in [-0.05, 0) is 43.2 Å². The van der Waals surface area contributed by atoms with E-state index in [1.54, 1.807) is 12.1 Å². The lowest BCUT2D eigenvalue weighted by molar-refractivity contribution is -0.126. The minimum atomic E-state index is -0.0148. The van der Waals surface area contributed by atoms with E-state index in [9.17, 15) is 9.90 Å². The number of benzene rings is 1. The van der Waals surface area contributed by atoms with E-state index in [1.165, 1.54) is 6.08 Å². The number of nitrogens with zero attached hydrogens (tertiary/aromatic N) is 3. The van der Waals surface area contributed by atoms with Crippen molar-refractivity contribution in [2.75, 3.05) is 6.54 Å². The maximum Gasteiger partial charge on any atom is 0.246 e. The summed E-state index contributed by atoms with van der Waals surface area (Å²) in [6.45, 7) is 4.31. The average Bonchev–Trinajstić information content (AvgIpc) is 3.31. The van der Waals surface area contributed by atoms with Gasteiger partial charge in [0.25, 0.3) is 0 Å². The van der Waals surface area contributed by atoms with Crippen molar-refractivity contribution in [3.05, 3.63) is 54.7 Å². The van der Waals surface area contributed by atoms with Crippen LogP contribution in [0.5, 0.6) is 5.75 Å². The molecule has 2 aromatic heterocycles. The Labute approximate surface area is 150 Å². The van der Waals surface area contributed by atoms with Crippen LogP contribution in [-0.4, -0.2) is 43.7 Å². The fourth-order valence-electron chi connectivity index (χ4n) is 4.37. The van der Waals surface area contributed by atoms with Gasteiger partial charge < -0.3 is 15.0 Å². The molecule has 3 aliphatic rings. The fraction of sp³-hybridized carbons (Fsp3) is 0.250. The number of aromatic nitrogens is 3. The second-order valence-electron chi connectivity index (χ2n) is 7.25. The van der Waals surface area contributed by atoms with Gasteiger partial charge in [-0.15, -0.1) is 10.2 Å². The molecule has 26 heavy (non-hydrogen) atoms. The van der Waals surface area contributed by atoms with Gasteiger partial charge in [-0.1, -0.05) is 18.7 Å². The number of phenols is 1. The number of amides is 1. The van der Waals surface area contributed by atoms with Crippen molar-refractivity contribution in [1.29, 1.82) is 0 Å².